The number of amides is 1. The van der Waals surface area contributed by atoms with Crippen LogP contribution in [-0.2, 0) is 9.59 Å². The van der Waals surface area contributed by atoms with Crippen LogP contribution in [0.5, 0.6) is 0 Å². The molecule has 0 aliphatic rings. The third-order valence-electron chi connectivity index (χ3n) is 4.08. The molecule has 20 heavy (non-hydrogen) atoms. The summed E-state index contributed by atoms with van der Waals surface area (Å²) in [6.07, 6.45) is 3.43. The molecule has 0 aromatic heterocycles. The van der Waals surface area contributed by atoms with Gasteiger partial charge in [0.25, 0.3) is 0 Å². The maximum absolute atomic E-state index is 11.9. The van der Waals surface area contributed by atoms with Gasteiger partial charge < -0.3 is 10.4 Å². The highest BCUT2D eigenvalue weighted by atomic mass is 16.4. The molecule has 0 aliphatic carbocycles. The second-order valence-corrected chi connectivity index (χ2v) is 6.59. The van der Waals surface area contributed by atoms with Gasteiger partial charge in [0, 0.05) is 18.9 Å². The zero-order valence-electron chi connectivity index (χ0n) is 13.7. The maximum Gasteiger partial charge on any atom is 0.303 e. The molecule has 0 aromatic rings. The normalized spacial score (nSPS) is 13.3. The van der Waals surface area contributed by atoms with Crippen LogP contribution in [-0.4, -0.2) is 23.5 Å². The zero-order valence-corrected chi connectivity index (χ0v) is 13.7. The summed E-state index contributed by atoms with van der Waals surface area (Å²) in [4.78, 5) is 22.6. The third-order valence-corrected chi connectivity index (χ3v) is 4.08. The number of carbonyl (C=O) groups excluding carboxylic acids is 1. The van der Waals surface area contributed by atoms with Crippen LogP contribution in [0, 0.1) is 17.3 Å². The van der Waals surface area contributed by atoms with Gasteiger partial charge in [0.15, 0.2) is 0 Å². The van der Waals surface area contributed by atoms with Gasteiger partial charge in [-0.15, -0.1) is 0 Å². The number of rotatable bonds is 9. The van der Waals surface area contributed by atoms with Gasteiger partial charge in [-0.05, 0) is 37.0 Å². The Labute approximate surface area is 123 Å². The molecule has 4 nitrogen and oxygen atoms in total. The van der Waals surface area contributed by atoms with Crippen LogP contribution in [0.4, 0.5) is 0 Å². The fourth-order valence-corrected chi connectivity index (χ4v) is 2.48. The number of carbonyl (C=O) groups is 2. The first-order valence-corrected chi connectivity index (χ1v) is 7.71. The molecule has 0 spiro atoms. The average Bonchev–Trinajstić information content (AvgIpc) is 2.33. The molecule has 2 N–H and O–H groups in total. The van der Waals surface area contributed by atoms with Crippen molar-refractivity contribution in [2.75, 3.05) is 6.54 Å². The standard InChI is InChI=1S/C16H31NO3/c1-6-12(7-2)15(20)17-11-10-13(16(3,4)5)8-9-14(18)19/h12-13H,6-11H2,1-5H3,(H,17,20)(H,18,19). The van der Waals surface area contributed by atoms with E-state index in [9.17, 15) is 9.59 Å². The molecular formula is C16H31NO3. The zero-order chi connectivity index (χ0) is 15.8. The lowest BCUT2D eigenvalue weighted by atomic mass is 9.76. The molecule has 1 unspecified atom stereocenters. The number of aliphatic carboxylic acids is 1. The van der Waals surface area contributed by atoms with E-state index in [1.54, 1.807) is 0 Å². The van der Waals surface area contributed by atoms with E-state index in [-0.39, 0.29) is 23.7 Å². The molecule has 0 radical (unpaired) electrons. The summed E-state index contributed by atoms with van der Waals surface area (Å²) in [5.74, 6) is -0.219. The van der Waals surface area contributed by atoms with Crippen molar-refractivity contribution in [2.24, 2.45) is 17.3 Å². The Kier molecular flexibility index (Phi) is 8.51. The van der Waals surface area contributed by atoms with E-state index in [4.69, 9.17) is 5.11 Å². The Morgan fingerprint density at radius 3 is 2.05 bits per heavy atom. The second kappa shape index (κ2) is 8.98. The maximum atomic E-state index is 11.9. The summed E-state index contributed by atoms with van der Waals surface area (Å²) in [7, 11) is 0. The Bertz CT molecular complexity index is 303. The molecule has 1 amide bonds. The molecule has 0 bridgehead atoms. The number of nitrogens with one attached hydrogen (secondary N) is 1. The fourth-order valence-electron chi connectivity index (χ4n) is 2.48. The second-order valence-electron chi connectivity index (χ2n) is 6.59. The molecule has 0 fully saturated rings. The minimum absolute atomic E-state index is 0.0646. The molecule has 0 saturated carbocycles. The first-order chi connectivity index (χ1) is 9.22. The molecule has 0 saturated heterocycles. The van der Waals surface area contributed by atoms with Gasteiger partial charge in [-0.25, -0.2) is 0 Å². The molecule has 0 heterocycles. The van der Waals surface area contributed by atoms with E-state index in [1.165, 1.54) is 0 Å². The predicted molar refractivity (Wildman–Crippen MR) is 81.5 cm³/mol. The van der Waals surface area contributed by atoms with Gasteiger partial charge in [-0.3, -0.25) is 9.59 Å². The van der Waals surface area contributed by atoms with Crippen molar-refractivity contribution < 1.29 is 14.7 Å². The van der Waals surface area contributed by atoms with Crippen LogP contribution in [0.2, 0.25) is 0 Å². The Hall–Kier alpha value is -1.06. The Balaban J connectivity index is 4.27. The smallest absolute Gasteiger partial charge is 0.303 e. The lowest BCUT2D eigenvalue weighted by Crippen LogP contribution is -2.33. The van der Waals surface area contributed by atoms with Gasteiger partial charge in [0.2, 0.25) is 5.91 Å². The van der Waals surface area contributed by atoms with Crippen LogP contribution >= 0.6 is 0 Å². The van der Waals surface area contributed by atoms with Crippen molar-refractivity contribution in [2.45, 2.75) is 66.7 Å². The van der Waals surface area contributed by atoms with Gasteiger partial charge in [-0.1, -0.05) is 34.6 Å². The van der Waals surface area contributed by atoms with Gasteiger partial charge >= 0.3 is 5.97 Å². The van der Waals surface area contributed by atoms with E-state index in [2.05, 4.69) is 26.1 Å². The monoisotopic (exact) mass is 285 g/mol. The highest BCUT2D eigenvalue weighted by Gasteiger charge is 2.25. The quantitative estimate of drug-likeness (QED) is 0.682. The first kappa shape index (κ1) is 18.9. The van der Waals surface area contributed by atoms with Gasteiger partial charge in [0.05, 0.1) is 0 Å². The number of hydrogen-bond acceptors (Lipinski definition) is 2. The summed E-state index contributed by atoms with van der Waals surface area (Å²) in [5, 5.41) is 11.8. The molecule has 118 valence electrons. The summed E-state index contributed by atoms with van der Waals surface area (Å²) in [6, 6.07) is 0. The first-order valence-electron chi connectivity index (χ1n) is 7.71. The van der Waals surface area contributed by atoms with Crippen molar-refractivity contribution in [3.63, 3.8) is 0 Å². The van der Waals surface area contributed by atoms with E-state index < -0.39 is 5.97 Å². The minimum atomic E-state index is -0.750. The minimum Gasteiger partial charge on any atom is -0.481 e. The summed E-state index contributed by atoms with van der Waals surface area (Å²) >= 11 is 0. The fraction of sp³-hybridized carbons (Fsp3) is 0.875. The van der Waals surface area contributed by atoms with E-state index in [0.717, 1.165) is 19.3 Å². The lowest BCUT2D eigenvalue weighted by Gasteiger charge is -2.30. The van der Waals surface area contributed by atoms with Crippen molar-refractivity contribution in [1.29, 1.82) is 0 Å². The Morgan fingerprint density at radius 2 is 1.65 bits per heavy atom. The van der Waals surface area contributed by atoms with Crippen molar-refractivity contribution >= 4 is 11.9 Å². The molecule has 4 heteroatoms. The molecule has 0 aliphatic heterocycles. The SMILES string of the molecule is CCC(CC)C(=O)NCCC(CCC(=O)O)C(C)(C)C. The summed E-state index contributed by atoms with van der Waals surface area (Å²) in [6.45, 7) is 11.1. The summed E-state index contributed by atoms with van der Waals surface area (Å²) < 4.78 is 0. The van der Waals surface area contributed by atoms with Gasteiger partial charge in [0.1, 0.15) is 0 Å². The third kappa shape index (κ3) is 7.51. The van der Waals surface area contributed by atoms with Crippen LogP contribution < -0.4 is 5.32 Å². The van der Waals surface area contributed by atoms with E-state index in [1.807, 2.05) is 13.8 Å². The number of hydrogen-bond donors (Lipinski definition) is 2. The lowest BCUT2D eigenvalue weighted by molar-refractivity contribution is -0.137. The van der Waals surface area contributed by atoms with Crippen molar-refractivity contribution in [1.82, 2.24) is 5.32 Å². The van der Waals surface area contributed by atoms with Crippen LogP contribution in [0.3, 0.4) is 0 Å². The Morgan fingerprint density at radius 1 is 1.10 bits per heavy atom. The van der Waals surface area contributed by atoms with E-state index in [0.29, 0.717) is 18.9 Å². The highest BCUT2D eigenvalue weighted by molar-refractivity contribution is 5.78. The largest absolute Gasteiger partial charge is 0.481 e. The highest BCUT2D eigenvalue weighted by Crippen LogP contribution is 2.32. The van der Waals surface area contributed by atoms with E-state index >= 15 is 0 Å². The molecule has 0 rings (SSSR count). The van der Waals surface area contributed by atoms with Crippen LogP contribution in [0.25, 0.3) is 0 Å². The number of carboxylic acids is 1. The predicted octanol–water partition coefficient (Wildman–Crippen LogP) is 3.46. The van der Waals surface area contributed by atoms with Crippen LogP contribution in [0.15, 0.2) is 0 Å². The summed E-state index contributed by atoms with van der Waals surface area (Å²) in [5.41, 5.74) is 0.0646. The molecular weight excluding hydrogens is 254 g/mol. The topological polar surface area (TPSA) is 66.4 Å². The van der Waals surface area contributed by atoms with Crippen molar-refractivity contribution in [3.05, 3.63) is 0 Å². The molecule has 1 atom stereocenters. The average molecular weight is 285 g/mol. The van der Waals surface area contributed by atoms with Crippen LogP contribution in [0.1, 0.15) is 66.7 Å². The van der Waals surface area contributed by atoms with Gasteiger partial charge in [-0.2, -0.15) is 0 Å². The molecule has 0 aromatic carbocycles. The van der Waals surface area contributed by atoms with Crippen molar-refractivity contribution in [3.8, 4) is 0 Å². The number of carboxylic acid groups (broad SMARTS) is 1.